The SMILES string of the molecule is CNC(C)c1ccc(N(C)Cc2ccc(Br)cc2)nc1. The van der Waals surface area contributed by atoms with Crippen LogP contribution in [0, 0.1) is 0 Å². The van der Waals surface area contributed by atoms with E-state index in [2.05, 4.69) is 81.5 Å². The standard InChI is InChI=1S/C16H20BrN3/c1-12(18-2)14-6-9-16(19-10-14)20(3)11-13-4-7-15(17)8-5-13/h4-10,12,18H,11H2,1-3H3. The van der Waals surface area contributed by atoms with Gasteiger partial charge in [0.15, 0.2) is 0 Å². The first-order valence-corrected chi connectivity index (χ1v) is 7.48. The molecule has 1 aromatic carbocycles. The number of halogens is 1. The van der Waals surface area contributed by atoms with Crippen LogP contribution in [0.4, 0.5) is 5.82 Å². The van der Waals surface area contributed by atoms with Crippen LogP contribution in [0.3, 0.4) is 0 Å². The second kappa shape index (κ2) is 6.86. The maximum Gasteiger partial charge on any atom is 0.128 e. The molecule has 0 saturated heterocycles. The van der Waals surface area contributed by atoms with Crippen molar-refractivity contribution in [2.45, 2.75) is 19.5 Å². The summed E-state index contributed by atoms with van der Waals surface area (Å²) in [6.45, 7) is 2.98. The van der Waals surface area contributed by atoms with Crippen LogP contribution < -0.4 is 10.2 Å². The van der Waals surface area contributed by atoms with Gasteiger partial charge in [-0.25, -0.2) is 4.98 Å². The van der Waals surface area contributed by atoms with Gasteiger partial charge < -0.3 is 10.2 Å². The molecule has 3 nitrogen and oxygen atoms in total. The highest BCUT2D eigenvalue weighted by atomic mass is 79.9. The summed E-state index contributed by atoms with van der Waals surface area (Å²) in [5.74, 6) is 0.986. The van der Waals surface area contributed by atoms with Crippen molar-refractivity contribution in [2.75, 3.05) is 19.0 Å². The van der Waals surface area contributed by atoms with Crippen LogP contribution in [0.2, 0.25) is 0 Å². The van der Waals surface area contributed by atoms with Crippen LogP contribution in [-0.2, 0) is 6.54 Å². The molecule has 1 aromatic heterocycles. The Morgan fingerprint density at radius 3 is 2.45 bits per heavy atom. The first-order chi connectivity index (χ1) is 9.60. The average Bonchev–Trinajstić information content (AvgIpc) is 2.49. The predicted octanol–water partition coefficient (Wildman–Crippen LogP) is 3.76. The van der Waals surface area contributed by atoms with Gasteiger partial charge in [-0.2, -0.15) is 0 Å². The van der Waals surface area contributed by atoms with Crippen LogP contribution >= 0.6 is 15.9 Å². The van der Waals surface area contributed by atoms with E-state index in [1.165, 1.54) is 11.1 Å². The summed E-state index contributed by atoms with van der Waals surface area (Å²) in [6, 6.07) is 12.9. The lowest BCUT2D eigenvalue weighted by atomic mass is 10.1. The van der Waals surface area contributed by atoms with E-state index in [1.807, 2.05) is 13.2 Å². The molecule has 1 N–H and O–H groups in total. The van der Waals surface area contributed by atoms with E-state index in [9.17, 15) is 0 Å². The van der Waals surface area contributed by atoms with Gasteiger partial charge in [0.05, 0.1) is 0 Å². The number of benzene rings is 1. The Morgan fingerprint density at radius 2 is 1.90 bits per heavy atom. The largest absolute Gasteiger partial charge is 0.355 e. The maximum absolute atomic E-state index is 4.54. The molecule has 1 heterocycles. The van der Waals surface area contributed by atoms with Crippen molar-refractivity contribution >= 4 is 21.7 Å². The quantitative estimate of drug-likeness (QED) is 0.902. The fraction of sp³-hybridized carbons (Fsp3) is 0.312. The van der Waals surface area contributed by atoms with Gasteiger partial charge in [-0.1, -0.05) is 34.1 Å². The number of nitrogens with one attached hydrogen (secondary N) is 1. The molecule has 0 radical (unpaired) electrons. The zero-order chi connectivity index (χ0) is 14.5. The molecule has 0 aliphatic heterocycles. The minimum Gasteiger partial charge on any atom is -0.355 e. The van der Waals surface area contributed by atoms with Crippen molar-refractivity contribution in [1.29, 1.82) is 0 Å². The van der Waals surface area contributed by atoms with E-state index in [1.54, 1.807) is 0 Å². The molecule has 0 fully saturated rings. The lowest BCUT2D eigenvalue weighted by molar-refractivity contribution is 0.649. The summed E-state index contributed by atoms with van der Waals surface area (Å²) in [5.41, 5.74) is 2.47. The van der Waals surface area contributed by atoms with E-state index in [0.717, 1.165) is 16.8 Å². The van der Waals surface area contributed by atoms with Crippen LogP contribution in [0.5, 0.6) is 0 Å². The molecule has 0 saturated carbocycles. The topological polar surface area (TPSA) is 28.2 Å². The van der Waals surface area contributed by atoms with Crippen molar-refractivity contribution in [3.8, 4) is 0 Å². The van der Waals surface area contributed by atoms with Gasteiger partial charge >= 0.3 is 0 Å². The number of aromatic nitrogens is 1. The monoisotopic (exact) mass is 333 g/mol. The van der Waals surface area contributed by atoms with E-state index < -0.39 is 0 Å². The number of pyridine rings is 1. The molecule has 20 heavy (non-hydrogen) atoms. The number of anilines is 1. The molecule has 106 valence electrons. The number of rotatable bonds is 5. The second-order valence-electron chi connectivity index (χ2n) is 4.94. The Bertz CT molecular complexity index is 537. The molecular weight excluding hydrogens is 314 g/mol. The van der Waals surface area contributed by atoms with E-state index in [0.29, 0.717) is 6.04 Å². The Labute approximate surface area is 129 Å². The number of hydrogen-bond donors (Lipinski definition) is 1. The van der Waals surface area contributed by atoms with E-state index in [4.69, 9.17) is 0 Å². The Hall–Kier alpha value is -1.39. The summed E-state index contributed by atoms with van der Waals surface area (Å²) >= 11 is 3.45. The second-order valence-corrected chi connectivity index (χ2v) is 5.86. The molecule has 1 atom stereocenters. The Balaban J connectivity index is 2.05. The summed E-state index contributed by atoms with van der Waals surface area (Å²) in [7, 11) is 4.02. The molecule has 0 bridgehead atoms. The minimum absolute atomic E-state index is 0.327. The minimum atomic E-state index is 0.327. The van der Waals surface area contributed by atoms with Crippen molar-refractivity contribution in [1.82, 2.24) is 10.3 Å². The molecule has 0 aliphatic rings. The molecule has 2 aromatic rings. The molecular formula is C16H20BrN3. The summed E-state index contributed by atoms with van der Waals surface area (Å²) < 4.78 is 1.10. The van der Waals surface area contributed by atoms with Crippen molar-refractivity contribution in [2.24, 2.45) is 0 Å². The third-order valence-electron chi connectivity index (χ3n) is 3.43. The van der Waals surface area contributed by atoms with Crippen molar-refractivity contribution < 1.29 is 0 Å². The number of nitrogens with zero attached hydrogens (tertiary/aromatic N) is 2. The summed E-state index contributed by atoms with van der Waals surface area (Å²) in [6.07, 6.45) is 1.94. The van der Waals surface area contributed by atoms with Gasteiger partial charge in [0, 0.05) is 30.3 Å². The zero-order valence-corrected chi connectivity index (χ0v) is 13.7. The van der Waals surface area contributed by atoms with Crippen LogP contribution in [0.25, 0.3) is 0 Å². The van der Waals surface area contributed by atoms with Gasteiger partial charge in [0.25, 0.3) is 0 Å². The van der Waals surface area contributed by atoms with Gasteiger partial charge in [-0.3, -0.25) is 0 Å². The van der Waals surface area contributed by atoms with Gasteiger partial charge in [-0.05, 0) is 43.3 Å². The zero-order valence-electron chi connectivity index (χ0n) is 12.1. The average molecular weight is 334 g/mol. The van der Waals surface area contributed by atoms with Crippen molar-refractivity contribution in [3.63, 3.8) is 0 Å². The first kappa shape index (κ1) is 15.0. The molecule has 4 heteroatoms. The lowest BCUT2D eigenvalue weighted by Crippen LogP contribution is -2.18. The fourth-order valence-electron chi connectivity index (χ4n) is 1.99. The normalized spacial score (nSPS) is 12.2. The molecule has 0 spiro atoms. The van der Waals surface area contributed by atoms with E-state index in [-0.39, 0.29) is 0 Å². The van der Waals surface area contributed by atoms with Gasteiger partial charge in [0.2, 0.25) is 0 Å². The predicted molar refractivity (Wildman–Crippen MR) is 88.0 cm³/mol. The summed E-state index contributed by atoms with van der Waals surface area (Å²) in [5, 5.41) is 3.22. The summed E-state index contributed by atoms with van der Waals surface area (Å²) in [4.78, 5) is 6.69. The molecule has 1 unspecified atom stereocenters. The van der Waals surface area contributed by atoms with E-state index >= 15 is 0 Å². The third-order valence-corrected chi connectivity index (χ3v) is 3.96. The highest BCUT2D eigenvalue weighted by molar-refractivity contribution is 9.10. The van der Waals surface area contributed by atoms with Crippen LogP contribution in [-0.4, -0.2) is 19.1 Å². The van der Waals surface area contributed by atoms with Gasteiger partial charge in [-0.15, -0.1) is 0 Å². The Kier molecular flexibility index (Phi) is 5.15. The van der Waals surface area contributed by atoms with Crippen LogP contribution in [0.15, 0.2) is 47.1 Å². The Morgan fingerprint density at radius 1 is 1.20 bits per heavy atom. The molecule has 0 amide bonds. The fourth-order valence-corrected chi connectivity index (χ4v) is 2.26. The molecule has 0 aliphatic carbocycles. The lowest BCUT2D eigenvalue weighted by Gasteiger charge is -2.19. The number of hydrogen-bond acceptors (Lipinski definition) is 3. The highest BCUT2D eigenvalue weighted by Crippen LogP contribution is 2.17. The van der Waals surface area contributed by atoms with Crippen LogP contribution in [0.1, 0.15) is 24.1 Å². The highest BCUT2D eigenvalue weighted by Gasteiger charge is 2.06. The maximum atomic E-state index is 4.54. The van der Waals surface area contributed by atoms with Crippen molar-refractivity contribution in [3.05, 3.63) is 58.2 Å². The third kappa shape index (κ3) is 3.81. The smallest absolute Gasteiger partial charge is 0.128 e. The first-order valence-electron chi connectivity index (χ1n) is 6.69. The molecule has 2 rings (SSSR count). The van der Waals surface area contributed by atoms with Gasteiger partial charge in [0.1, 0.15) is 5.82 Å².